The van der Waals surface area contributed by atoms with Crippen LogP contribution in [0.1, 0.15) is 78.6 Å². The molecule has 5 N–H and O–H groups in total. The summed E-state index contributed by atoms with van der Waals surface area (Å²) in [7, 11) is -3.52. The van der Waals surface area contributed by atoms with E-state index in [-0.39, 0.29) is 24.8 Å². The lowest BCUT2D eigenvalue weighted by atomic mass is 10.0. The van der Waals surface area contributed by atoms with Crippen LogP contribution in [-0.4, -0.2) is 77.8 Å². The predicted octanol–water partition coefficient (Wildman–Crippen LogP) is 1.08. The molecular formula is C26H42N4O8S. The molecule has 3 fully saturated rings. The summed E-state index contributed by atoms with van der Waals surface area (Å²) in [6.45, 7) is 5.10. The number of sulfonamides is 1. The van der Waals surface area contributed by atoms with Crippen molar-refractivity contribution >= 4 is 33.8 Å². The largest absolute Gasteiger partial charge is 0.444 e. The molecule has 220 valence electrons. The summed E-state index contributed by atoms with van der Waals surface area (Å²) in [6, 6.07) is -1.86. The number of hydrogen-bond donors (Lipinski definition) is 4. The van der Waals surface area contributed by atoms with Crippen molar-refractivity contribution in [3.8, 4) is 0 Å². The Kier molecular flexibility index (Phi) is 10.0. The van der Waals surface area contributed by atoms with Crippen molar-refractivity contribution < 1.29 is 37.4 Å². The fraction of sp³-hybridized carbons (Fsp3) is 0.769. The smallest absolute Gasteiger partial charge is 0.408 e. The average Bonchev–Trinajstić information content (AvgIpc) is 3.73. The number of carbonyl (C=O) groups excluding carboxylic acids is 4. The molecule has 1 aliphatic heterocycles. The number of β-amino-alcohol motifs (C(OH)–C–C–N with tert-alkyl or cyclic N) is 1. The second kappa shape index (κ2) is 12.7. The molecular weight excluding hydrogens is 528 g/mol. The number of aliphatic hydroxyl groups is 1. The van der Waals surface area contributed by atoms with Gasteiger partial charge in [-0.05, 0) is 65.2 Å². The number of primary amides is 1. The predicted molar refractivity (Wildman–Crippen MR) is 142 cm³/mol. The van der Waals surface area contributed by atoms with Crippen molar-refractivity contribution in [2.24, 2.45) is 17.6 Å². The topological polar surface area (TPSA) is 185 Å². The first-order valence-corrected chi connectivity index (χ1v) is 15.2. The molecule has 5 atom stereocenters. The molecule has 0 aromatic heterocycles. The van der Waals surface area contributed by atoms with E-state index in [2.05, 4.69) is 10.0 Å². The van der Waals surface area contributed by atoms with Gasteiger partial charge in [-0.1, -0.05) is 25.0 Å². The summed E-state index contributed by atoms with van der Waals surface area (Å²) < 4.78 is 31.3. The molecule has 0 bridgehead atoms. The Morgan fingerprint density at radius 1 is 1.13 bits per heavy atom. The molecule has 0 aromatic rings. The van der Waals surface area contributed by atoms with E-state index in [1.54, 1.807) is 20.8 Å². The molecule has 39 heavy (non-hydrogen) atoms. The zero-order valence-corrected chi connectivity index (χ0v) is 23.7. The third-order valence-electron chi connectivity index (χ3n) is 7.01. The number of nitrogens with zero attached hydrogens (tertiary/aromatic N) is 1. The lowest BCUT2D eigenvalue weighted by molar-refractivity contribution is -0.139. The normalized spacial score (nSPS) is 25.8. The molecule has 0 radical (unpaired) electrons. The van der Waals surface area contributed by atoms with Gasteiger partial charge in [-0.2, -0.15) is 0 Å². The van der Waals surface area contributed by atoms with Gasteiger partial charge in [-0.3, -0.25) is 19.1 Å². The number of unbranched alkanes of at least 4 members (excludes halogenated alkanes) is 3. The monoisotopic (exact) mass is 570 g/mol. The van der Waals surface area contributed by atoms with Crippen molar-refractivity contribution in [3.05, 3.63) is 12.2 Å². The van der Waals surface area contributed by atoms with Gasteiger partial charge in [0, 0.05) is 18.9 Å². The second-order valence-electron chi connectivity index (χ2n) is 11.8. The highest BCUT2D eigenvalue weighted by molar-refractivity contribution is 7.90. The number of nitrogens with two attached hydrogens (primary N) is 1. The van der Waals surface area contributed by atoms with Crippen LogP contribution in [0.3, 0.4) is 0 Å². The van der Waals surface area contributed by atoms with Gasteiger partial charge in [0.05, 0.1) is 11.4 Å². The number of allylic oxidation sites excluding steroid dienone is 2. The van der Waals surface area contributed by atoms with Gasteiger partial charge in [-0.25, -0.2) is 13.2 Å². The average molecular weight is 571 g/mol. The quantitative estimate of drug-likeness (QED) is 0.187. The van der Waals surface area contributed by atoms with Crippen molar-refractivity contribution in [1.82, 2.24) is 14.9 Å². The van der Waals surface area contributed by atoms with Gasteiger partial charge in [0.1, 0.15) is 17.7 Å². The van der Waals surface area contributed by atoms with E-state index in [4.69, 9.17) is 10.5 Å². The number of alkyl carbamates (subject to hydrolysis) is 1. The van der Waals surface area contributed by atoms with Crippen LogP contribution in [-0.2, 0) is 29.1 Å². The number of nitrogens with one attached hydrogen (secondary N) is 2. The Balaban J connectivity index is 1.43. The highest BCUT2D eigenvalue weighted by Gasteiger charge is 2.45. The van der Waals surface area contributed by atoms with Crippen LogP contribution in [0.2, 0.25) is 0 Å². The molecule has 4 amide bonds. The minimum Gasteiger partial charge on any atom is -0.444 e. The molecule has 0 aromatic carbocycles. The zero-order chi connectivity index (χ0) is 29.0. The third kappa shape index (κ3) is 9.48. The van der Waals surface area contributed by atoms with E-state index in [1.165, 1.54) is 4.90 Å². The van der Waals surface area contributed by atoms with E-state index in [1.807, 2.05) is 12.2 Å². The van der Waals surface area contributed by atoms with E-state index in [0.29, 0.717) is 32.1 Å². The van der Waals surface area contributed by atoms with Crippen molar-refractivity contribution in [3.63, 3.8) is 0 Å². The fourth-order valence-corrected chi connectivity index (χ4v) is 6.05. The SMILES string of the molecule is CC(C)(C)OC(=O)N[C@@H](CCCCC/C=C\[C@@H]1C[C@@H]1C(=O)NS(=O)(=O)C1CC1)C(=O)N1C[C@H](O)C[C@H]1C(N)=O. The second-order valence-corrected chi connectivity index (χ2v) is 13.7. The van der Waals surface area contributed by atoms with Crippen LogP contribution in [0.25, 0.3) is 0 Å². The molecule has 1 heterocycles. The maximum Gasteiger partial charge on any atom is 0.408 e. The molecule has 3 rings (SSSR count). The Hall–Kier alpha value is -2.67. The summed E-state index contributed by atoms with van der Waals surface area (Å²) in [5, 5.41) is 12.2. The van der Waals surface area contributed by atoms with Crippen LogP contribution < -0.4 is 15.8 Å². The fourth-order valence-electron chi connectivity index (χ4n) is 4.70. The first-order valence-electron chi connectivity index (χ1n) is 13.7. The van der Waals surface area contributed by atoms with Crippen molar-refractivity contribution in [2.75, 3.05) is 6.54 Å². The summed E-state index contributed by atoms with van der Waals surface area (Å²) in [6.07, 6.45) is 7.52. The van der Waals surface area contributed by atoms with Crippen LogP contribution in [0.4, 0.5) is 4.79 Å². The van der Waals surface area contributed by atoms with Gasteiger partial charge in [0.15, 0.2) is 0 Å². The van der Waals surface area contributed by atoms with E-state index in [0.717, 1.165) is 19.3 Å². The minimum atomic E-state index is -3.52. The maximum absolute atomic E-state index is 13.2. The van der Waals surface area contributed by atoms with E-state index < -0.39 is 62.9 Å². The molecule has 1 saturated heterocycles. The Morgan fingerprint density at radius 3 is 2.44 bits per heavy atom. The van der Waals surface area contributed by atoms with Gasteiger partial charge in [0.25, 0.3) is 0 Å². The third-order valence-corrected chi connectivity index (χ3v) is 8.84. The summed E-state index contributed by atoms with van der Waals surface area (Å²) >= 11 is 0. The first-order chi connectivity index (χ1) is 18.2. The molecule has 0 unspecified atom stereocenters. The number of aliphatic hydroxyl groups excluding tert-OH is 1. The Bertz CT molecular complexity index is 1070. The zero-order valence-electron chi connectivity index (χ0n) is 22.9. The first kappa shape index (κ1) is 30.9. The van der Waals surface area contributed by atoms with Gasteiger partial charge >= 0.3 is 6.09 Å². The molecule has 2 aliphatic carbocycles. The number of hydrogen-bond acceptors (Lipinski definition) is 8. The Labute approximate surface area is 230 Å². The summed E-state index contributed by atoms with van der Waals surface area (Å²) in [5.74, 6) is -1.86. The number of likely N-dealkylation sites (tertiary alicyclic amines) is 1. The molecule has 13 heteroatoms. The van der Waals surface area contributed by atoms with Crippen LogP contribution in [0, 0.1) is 11.8 Å². The number of ether oxygens (including phenoxy) is 1. The number of rotatable bonds is 13. The number of amides is 4. The minimum absolute atomic E-state index is 0.0313. The molecule has 2 saturated carbocycles. The lowest BCUT2D eigenvalue weighted by Gasteiger charge is -2.28. The molecule has 0 spiro atoms. The van der Waals surface area contributed by atoms with Crippen LogP contribution in [0.5, 0.6) is 0 Å². The lowest BCUT2D eigenvalue weighted by Crippen LogP contribution is -2.53. The van der Waals surface area contributed by atoms with Gasteiger partial charge in [-0.15, -0.1) is 0 Å². The standard InChI is InChI=1S/C26H42N4O8S/c1-26(2,3)38-25(35)28-20(24(34)30-15-17(31)14-21(30)22(27)32)10-8-6-4-5-7-9-16-13-19(16)23(33)29-39(36,37)18-11-12-18/h7,9,16-21,31H,4-6,8,10-15H2,1-3H3,(H2,27,32)(H,28,35)(H,29,33)/b9-7-/t16-,17-,19+,20+,21+/m1/s1. The molecule has 3 aliphatic rings. The van der Waals surface area contributed by atoms with E-state index >= 15 is 0 Å². The summed E-state index contributed by atoms with van der Waals surface area (Å²) in [5.41, 5.74) is 4.67. The van der Waals surface area contributed by atoms with Crippen molar-refractivity contribution in [1.29, 1.82) is 0 Å². The van der Waals surface area contributed by atoms with Crippen molar-refractivity contribution in [2.45, 2.75) is 108 Å². The van der Waals surface area contributed by atoms with Gasteiger partial charge in [0.2, 0.25) is 27.7 Å². The summed E-state index contributed by atoms with van der Waals surface area (Å²) in [4.78, 5) is 50.8. The maximum atomic E-state index is 13.2. The van der Waals surface area contributed by atoms with Crippen LogP contribution >= 0.6 is 0 Å². The Morgan fingerprint density at radius 2 is 1.82 bits per heavy atom. The molecule has 12 nitrogen and oxygen atoms in total. The highest BCUT2D eigenvalue weighted by atomic mass is 32.2. The van der Waals surface area contributed by atoms with Gasteiger partial charge < -0.3 is 25.8 Å². The van der Waals surface area contributed by atoms with Crippen LogP contribution in [0.15, 0.2) is 12.2 Å². The van der Waals surface area contributed by atoms with E-state index in [9.17, 15) is 32.7 Å². The highest BCUT2D eigenvalue weighted by Crippen LogP contribution is 2.40. The number of carbonyl (C=O) groups is 4.